The zero-order valence-electron chi connectivity index (χ0n) is 19.5. The van der Waals surface area contributed by atoms with E-state index in [1.807, 2.05) is 42.5 Å². The summed E-state index contributed by atoms with van der Waals surface area (Å²) in [4.78, 5) is 29.6. The molecule has 0 spiro atoms. The predicted octanol–water partition coefficient (Wildman–Crippen LogP) is 4.14. The van der Waals surface area contributed by atoms with Crippen molar-refractivity contribution in [3.8, 4) is 5.75 Å². The summed E-state index contributed by atoms with van der Waals surface area (Å²) in [5.41, 5.74) is 2.23. The van der Waals surface area contributed by atoms with Crippen molar-refractivity contribution in [2.45, 2.75) is 32.1 Å². The Labute approximate surface area is 198 Å². The minimum atomic E-state index is -0.922. The molecule has 1 aromatic heterocycles. The quantitative estimate of drug-likeness (QED) is 0.454. The van der Waals surface area contributed by atoms with Gasteiger partial charge in [-0.3, -0.25) is 9.59 Å². The Morgan fingerprint density at radius 1 is 1.12 bits per heavy atom. The average molecular weight is 468 g/mol. The van der Waals surface area contributed by atoms with E-state index in [9.17, 15) is 14.7 Å². The lowest BCUT2D eigenvalue weighted by Crippen LogP contribution is -2.38. The number of benzene rings is 2. The zero-order chi connectivity index (χ0) is 23.6. The Hall–Kier alpha value is -2.77. The normalized spacial score (nSPS) is 14.9. The number of likely N-dealkylation sites (N-methyl/N-ethyl adjacent to an activating group) is 1. The van der Waals surface area contributed by atoms with Crippen molar-refractivity contribution in [2.24, 2.45) is 5.41 Å². The second-order valence-electron chi connectivity index (χ2n) is 10.00. The van der Waals surface area contributed by atoms with Gasteiger partial charge in [0, 0.05) is 18.3 Å². The molecule has 0 fully saturated rings. The second-order valence-corrected chi connectivity index (χ2v) is 11.1. The first kappa shape index (κ1) is 23.4. The van der Waals surface area contributed by atoms with E-state index >= 15 is 0 Å². The van der Waals surface area contributed by atoms with E-state index < -0.39 is 11.4 Å². The van der Waals surface area contributed by atoms with Crippen molar-refractivity contribution >= 4 is 33.3 Å². The lowest BCUT2D eigenvalue weighted by atomic mass is 9.76. The molecule has 0 atom stereocenters. The summed E-state index contributed by atoms with van der Waals surface area (Å²) >= 11 is 1.57. The molecule has 1 aliphatic rings. The molecule has 1 aliphatic carbocycles. The topological polar surface area (TPSA) is 76.5 Å². The summed E-state index contributed by atoms with van der Waals surface area (Å²) < 4.78 is 7.78. The van der Waals surface area contributed by atoms with E-state index in [1.54, 1.807) is 11.3 Å². The highest BCUT2D eigenvalue weighted by Crippen LogP contribution is 2.41. The molecule has 174 valence electrons. The number of aromatic nitrogens is 1. The molecule has 0 radical (unpaired) electrons. The summed E-state index contributed by atoms with van der Waals surface area (Å²) in [5, 5.41) is 10.4. The van der Waals surface area contributed by atoms with Gasteiger partial charge in [0.1, 0.15) is 24.7 Å². The number of carbonyl (C=O) groups is 2. The van der Waals surface area contributed by atoms with Crippen LogP contribution in [0.5, 0.6) is 5.75 Å². The molecule has 4 rings (SSSR count). The fourth-order valence-electron chi connectivity index (χ4n) is 4.48. The molecule has 3 aromatic rings. The van der Waals surface area contributed by atoms with Crippen LogP contribution in [0, 0.1) is 5.41 Å². The molecular formula is C26H31N2O4S+. The van der Waals surface area contributed by atoms with Gasteiger partial charge in [0.2, 0.25) is 0 Å². The van der Waals surface area contributed by atoms with Crippen LogP contribution < -0.4 is 4.74 Å². The Bertz CT molecular complexity index is 1150. The summed E-state index contributed by atoms with van der Waals surface area (Å²) in [6.07, 6.45) is 1.69. The molecule has 0 aliphatic heterocycles. The van der Waals surface area contributed by atoms with E-state index in [2.05, 4.69) is 26.1 Å². The summed E-state index contributed by atoms with van der Waals surface area (Å²) in [5.74, 6) is -0.0787. The number of fused-ring (bicyclic) bond motifs is 2. The SMILES string of the molecule is C[N+](C)(C)CCOc1ccc2nc(CCC(=O)C3(CC(=O)O)Cc4ccccc4C3)sc2c1. The number of carbonyl (C=O) groups excluding carboxylic acids is 1. The lowest BCUT2D eigenvalue weighted by molar-refractivity contribution is -0.870. The third-order valence-electron chi connectivity index (χ3n) is 6.26. The van der Waals surface area contributed by atoms with E-state index in [4.69, 9.17) is 4.74 Å². The van der Waals surface area contributed by atoms with Gasteiger partial charge in [-0.2, -0.15) is 0 Å². The maximum atomic E-state index is 13.3. The first-order valence-electron chi connectivity index (χ1n) is 11.3. The number of carboxylic acid groups (broad SMARTS) is 1. The third kappa shape index (κ3) is 5.60. The molecule has 0 unspecified atom stereocenters. The van der Waals surface area contributed by atoms with Crippen molar-refractivity contribution in [1.82, 2.24) is 4.98 Å². The smallest absolute Gasteiger partial charge is 0.304 e. The van der Waals surface area contributed by atoms with Gasteiger partial charge in [0.15, 0.2) is 0 Å². The highest BCUT2D eigenvalue weighted by atomic mass is 32.1. The highest BCUT2D eigenvalue weighted by Gasteiger charge is 2.44. The molecule has 2 aromatic carbocycles. The largest absolute Gasteiger partial charge is 0.488 e. The monoisotopic (exact) mass is 467 g/mol. The molecule has 0 saturated heterocycles. The molecule has 1 N–H and O–H groups in total. The van der Waals surface area contributed by atoms with Crippen molar-refractivity contribution in [2.75, 3.05) is 34.3 Å². The summed E-state index contributed by atoms with van der Waals surface area (Å²) in [6, 6.07) is 13.8. The average Bonchev–Trinajstić information content (AvgIpc) is 3.31. The van der Waals surface area contributed by atoms with Crippen molar-refractivity contribution in [3.63, 3.8) is 0 Å². The first-order chi connectivity index (χ1) is 15.6. The van der Waals surface area contributed by atoms with Gasteiger partial charge in [-0.1, -0.05) is 24.3 Å². The molecule has 6 nitrogen and oxygen atoms in total. The van der Waals surface area contributed by atoms with Gasteiger partial charge in [-0.25, -0.2) is 4.98 Å². The number of hydrogen-bond acceptors (Lipinski definition) is 5. The van der Waals surface area contributed by atoms with E-state index in [1.165, 1.54) is 0 Å². The standard InChI is InChI=1S/C26H30N2O4S/c1-28(2,3)12-13-32-20-8-9-21-22(14-20)33-24(27-21)11-10-23(29)26(17-25(30)31)15-18-6-4-5-7-19(18)16-26/h4-9,14H,10-13,15-17H2,1-3H3/p+1. The molecular weight excluding hydrogens is 436 g/mol. The molecule has 0 bridgehead atoms. The maximum absolute atomic E-state index is 13.3. The fourth-order valence-corrected chi connectivity index (χ4v) is 5.47. The van der Waals surface area contributed by atoms with Gasteiger partial charge in [-0.05, 0) is 42.2 Å². The van der Waals surface area contributed by atoms with Crippen LogP contribution in [0.1, 0.15) is 29.0 Å². The van der Waals surface area contributed by atoms with Crippen LogP contribution in [-0.2, 0) is 28.9 Å². The second kappa shape index (κ2) is 9.23. The van der Waals surface area contributed by atoms with Gasteiger partial charge in [-0.15, -0.1) is 11.3 Å². The Morgan fingerprint density at radius 3 is 2.45 bits per heavy atom. The highest BCUT2D eigenvalue weighted by molar-refractivity contribution is 7.18. The number of hydrogen-bond donors (Lipinski definition) is 1. The van der Waals surface area contributed by atoms with E-state index in [0.717, 1.165) is 43.1 Å². The van der Waals surface area contributed by atoms with Crippen molar-refractivity contribution < 1.29 is 23.9 Å². The number of ketones is 1. The van der Waals surface area contributed by atoms with Crippen molar-refractivity contribution in [3.05, 3.63) is 58.6 Å². The Kier molecular flexibility index (Phi) is 6.54. The first-order valence-corrected chi connectivity index (χ1v) is 12.1. The van der Waals surface area contributed by atoms with Gasteiger partial charge >= 0.3 is 5.97 Å². The van der Waals surface area contributed by atoms with Crippen LogP contribution in [-0.4, -0.2) is 60.6 Å². The minimum absolute atomic E-state index is 0.0182. The fraction of sp³-hybridized carbons (Fsp3) is 0.423. The number of Topliss-reactive ketones (excluding diaryl/α,β-unsaturated/α-hetero) is 1. The van der Waals surface area contributed by atoms with Crippen LogP contribution in [0.15, 0.2) is 42.5 Å². The number of thiazole rings is 1. The van der Waals surface area contributed by atoms with Crippen LogP contribution in [0.2, 0.25) is 0 Å². The van der Waals surface area contributed by atoms with Gasteiger partial charge in [0.05, 0.1) is 42.8 Å². The van der Waals surface area contributed by atoms with Crippen LogP contribution in [0.25, 0.3) is 10.2 Å². The molecule has 7 heteroatoms. The number of rotatable bonds is 10. The minimum Gasteiger partial charge on any atom is -0.488 e. The number of nitrogens with zero attached hydrogens (tertiary/aromatic N) is 2. The number of ether oxygens (including phenoxy) is 1. The number of quaternary nitrogens is 1. The summed E-state index contributed by atoms with van der Waals surface area (Å²) in [6.45, 7) is 1.55. The Balaban J connectivity index is 1.42. The Morgan fingerprint density at radius 2 is 1.82 bits per heavy atom. The maximum Gasteiger partial charge on any atom is 0.304 e. The molecule has 1 heterocycles. The van der Waals surface area contributed by atoms with Crippen LogP contribution >= 0.6 is 11.3 Å². The third-order valence-corrected chi connectivity index (χ3v) is 7.34. The van der Waals surface area contributed by atoms with Crippen LogP contribution in [0.4, 0.5) is 0 Å². The summed E-state index contributed by atoms with van der Waals surface area (Å²) in [7, 11) is 6.40. The number of aliphatic carboxylic acids is 1. The molecule has 0 saturated carbocycles. The number of aryl methyl sites for hydroxylation is 1. The van der Waals surface area contributed by atoms with Gasteiger partial charge in [0.25, 0.3) is 0 Å². The van der Waals surface area contributed by atoms with Crippen molar-refractivity contribution in [1.29, 1.82) is 0 Å². The van der Waals surface area contributed by atoms with E-state index in [-0.39, 0.29) is 12.2 Å². The lowest BCUT2D eigenvalue weighted by Gasteiger charge is -2.25. The zero-order valence-corrected chi connectivity index (χ0v) is 20.3. The molecule has 0 amide bonds. The van der Waals surface area contributed by atoms with Crippen LogP contribution in [0.3, 0.4) is 0 Å². The van der Waals surface area contributed by atoms with E-state index in [0.29, 0.717) is 32.3 Å². The molecule has 33 heavy (non-hydrogen) atoms. The predicted molar refractivity (Wildman–Crippen MR) is 130 cm³/mol. The van der Waals surface area contributed by atoms with Gasteiger partial charge < -0.3 is 14.3 Å². The number of carboxylic acids is 1.